The zero-order chi connectivity index (χ0) is 18.0. The fraction of sp³-hybridized carbons (Fsp3) is 0.778. The van der Waals surface area contributed by atoms with Crippen molar-refractivity contribution in [2.24, 2.45) is 5.92 Å². The summed E-state index contributed by atoms with van der Waals surface area (Å²) in [6.07, 6.45) is 4.07. The van der Waals surface area contributed by atoms with Crippen molar-refractivity contribution in [1.82, 2.24) is 19.9 Å². The van der Waals surface area contributed by atoms with E-state index in [1.54, 1.807) is 0 Å². The molecule has 138 valence electrons. The van der Waals surface area contributed by atoms with Crippen molar-refractivity contribution in [2.75, 3.05) is 19.6 Å². The Bertz CT molecular complexity index is 622. The number of hydrogen-bond donors (Lipinski definition) is 0. The van der Waals surface area contributed by atoms with Crippen LogP contribution in [0.5, 0.6) is 0 Å². The van der Waals surface area contributed by atoms with E-state index in [1.807, 2.05) is 16.7 Å². The van der Waals surface area contributed by atoms with Gasteiger partial charge in [0.1, 0.15) is 0 Å². The third kappa shape index (κ3) is 3.85. The first kappa shape index (κ1) is 17.9. The van der Waals surface area contributed by atoms with Crippen LogP contribution in [0, 0.1) is 12.8 Å². The Morgan fingerprint density at radius 3 is 2.68 bits per heavy atom. The van der Waals surface area contributed by atoms with Gasteiger partial charge in [-0.15, -0.1) is 0 Å². The van der Waals surface area contributed by atoms with Crippen LogP contribution in [-0.2, 0) is 9.59 Å². The highest BCUT2D eigenvalue weighted by Gasteiger charge is 2.39. The minimum absolute atomic E-state index is 0.121. The van der Waals surface area contributed by atoms with Gasteiger partial charge in [0.25, 0.3) is 0 Å². The summed E-state index contributed by atoms with van der Waals surface area (Å²) in [6, 6.07) is 0.224. The van der Waals surface area contributed by atoms with Crippen LogP contribution < -0.4 is 0 Å². The molecule has 2 saturated heterocycles. The van der Waals surface area contributed by atoms with Gasteiger partial charge in [0, 0.05) is 38.0 Å². The number of rotatable bonds is 5. The topological polar surface area (TPSA) is 79.5 Å². The van der Waals surface area contributed by atoms with Crippen LogP contribution in [0.1, 0.15) is 63.6 Å². The lowest BCUT2D eigenvalue weighted by molar-refractivity contribution is -0.137. The van der Waals surface area contributed by atoms with Crippen molar-refractivity contribution < 1.29 is 14.1 Å². The Balaban J connectivity index is 1.53. The van der Waals surface area contributed by atoms with Crippen molar-refractivity contribution in [2.45, 2.75) is 64.8 Å². The number of carbonyl (C=O) groups is 2. The number of nitrogens with zero attached hydrogens (tertiary/aromatic N) is 4. The summed E-state index contributed by atoms with van der Waals surface area (Å²) in [5.41, 5.74) is 0. The van der Waals surface area contributed by atoms with Gasteiger partial charge in [0.05, 0.1) is 5.92 Å². The van der Waals surface area contributed by atoms with Crippen LogP contribution >= 0.6 is 0 Å². The summed E-state index contributed by atoms with van der Waals surface area (Å²) >= 11 is 0. The Hall–Kier alpha value is -1.92. The summed E-state index contributed by atoms with van der Waals surface area (Å²) in [5, 5.41) is 3.85. The minimum atomic E-state index is -0.186. The lowest BCUT2D eigenvalue weighted by Crippen LogP contribution is -2.42. The van der Waals surface area contributed by atoms with Gasteiger partial charge in [-0.05, 0) is 33.1 Å². The number of aryl methyl sites for hydroxylation is 1. The van der Waals surface area contributed by atoms with E-state index in [0.29, 0.717) is 37.8 Å². The summed E-state index contributed by atoms with van der Waals surface area (Å²) in [6.45, 7) is 7.97. The molecule has 0 spiro atoms. The van der Waals surface area contributed by atoms with Gasteiger partial charge < -0.3 is 14.3 Å². The summed E-state index contributed by atoms with van der Waals surface area (Å²) in [7, 11) is 0. The van der Waals surface area contributed by atoms with Gasteiger partial charge in [0.15, 0.2) is 5.82 Å². The van der Waals surface area contributed by atoms with Gasteiger partial charge in [-0.25, -0.2) is 0 Å². The Kier molecular flexibility index (Phi) is 5.39. The van der Waals surface area contributed by atoms with Crippen LogP contribution in [0.25, 0.3) is 0 Å². The Labute approximate surface area is 148 Å². The molecule has 0 bridgehead atoms. The maximum atomic E-state index is 12.8. The predicted molar refractivity (Wildman–Crippen MR) is 91.8 cm³/mol. The molecule has 0 aliphatic carbocycles. The van der Waals surface area contributed by atoms with E-state index in [2.05, 4.69) is 24.0 Å². The van der Waals surface area contributed by atoms with E-state index in [9.17, 15) is 9.59 Å². The van der Waals surface area contributed by atoms with Crippen LogP contribution in [0.2, 0.25) is 0 Å². The molecule has 1 aromatic heterocycles. The molecular formula is C18H28N4O3. The molecule has 0 saturated carbocycles. The third-order valence-electron chi connectivity index (χ3n) is 5.45. The van der Waals surface area contributed by atoms with E-state index in [1.165, 1.54) is 0 Å². The van der Waals surface area contributed by atoms with Gasteiger partial charge >= 0.3 is 0 Å². The van der Waals surface area contributed by atoms with Crippen molar-refractivity contribution >= 4 is 11.8 Å². The third-order valence-corrected chi connectivity index (χ3v) is 5.45. The average molecular weight is 348 g/mol. The number of likely N-dealkylation sites (tertiary alicyclic amines) is 2. The lowest BCUT2D eigenvalue weighted by Gasteiger charge is -2.32. The number of aromatic nitrogens is 2. The second kappa shape index (κ2) is 7.54. The molecule has 0 aromatic carbocycles. The molecule has 0 unspecified atom stereocenters. The monoisotopic (exact) mass is 348 g/mol. The number of piperidine rings is 1. The fourth-order valence-corrected chi connectivity index (χ4v) is 3.98. The first-order chi connectivity index (χ1) is 12.0. The molecule has 3 heterocycles. The smallest absolute Gasteiger partial charge is 0.229 e. The molecule has 3 rings (SSSR count). The summed E-state index contributed by atoms with van der Waals surface area (Å²) in [5.74, 6) is 1.63. The molecule has 0 radical (unpaired) electrons. The van der Waals surface area contributed by atoms with Crippen molar-refractivity contribution in [1.29, 1.82) is 0 Å². The van der Waals surface area contributed by atoms with Crippen molar-refractivity contribution in [3.8, 4) is 0 Å². The quantitative estimate of drug-likeness (QED) is 0.814. The molecule has 2 fully saturated rings. The minimum Gasteiger partial charge on any atom is -0.342 e. The van der Waals surface area contributed by atoms with Crippen LogP contribution in [-0.4, -0.2) is 57.4 Å². The molecule has 0 N–H and O–H groups in total. The molecule has 7 heteroatoms. The second-order valence-electron chi connectivity index (χ2n) is 7.36. The van der Waals surface area contributed by atoms with E-state index in [4.69, 9.17) is 4.52 Å². The largest absolute Gasteiger partial charge is 0.342 e. The summed E-state index contributed by atoms with van der Waals surface area (Å²) < 4.78 is 5.26. The van der Waals surface area contributed by atoms with Crippen LogP contribution in [0.3, 0.4) is 0 Å². The molecule has 7 nitrogen and oxygen atoms in total. The fourth-order valence-electron chi connectivity index (χ4n) is 3.98. The molecule has 25 heavy (non-hydrogen) atoms. The van der Waals surface area contributed by atoms with Gasteiger partial charge in [-0.1, -0.05) is 18.5 Å². The van der Waals surface area contributed by atoms with E-state index in [0.717, 1.165) is 25.7 Å². The second-order valence-corrected chi connectivity index (χ2v) is 7.36. The number of carbonyl (C=O) groups excluding carboxylic acids is 2. The lowest BCUT2D eigenvalue weighted by atomic mass is 9.95. The molecule has 2 aliphatic rings. The number of amides is 2. The molecule has 2 atom stereocenters. The van der Waals surface area contributed by atoms with Crippen molar-refractivity contribution in [3.05, 3.63) is 11.7 Å². The Morgan fingerprint density at radius 2 is 2.08 bits per heavy atom. The maximum absolute atomic E-state index is 12.8. The standard InChI is InChI=1S/C18H28N4O3/c1-4-5-12(2)22-11-15(10-16(22)23)18(24)21-8-6-14(7-9-21)17-19-13(3)20-25-17/h12,14-15H,4-11H2,1-3H3/t12-,15+/m1/s1. The van der Waals surface area contributed by atoms with Gasteiger partial charge in [-0.3, -0.25) is 9.59 Å². The zero-order valence-electron chi connectivity index (χ0n) is 15.4. The predicted octanol–water partition coefficient (Wildman–Crippen LogP) is 2.12. The van der Waals surface area contributed by atoms with Crippen LogP contribution in [0.15, 0.2) is 4.52 Å². The normalized spacial score (nSPS) is 23.3. The highest BCUT2D eigenvalue weighted by Crippen LogP contribution is 2.29. The number of hydrogen-bond acceptors (Lipinski definition) is 5. The van der Waals surface area contributed by atoms with E-state index >= 15 is 0 Å². The van der Waals surface area contributed by atoms with Crippen LogP contribution in [0.4, 0.5) is 0 Å². The highest BCUT2D eigenvalue weighted by molar-refractivity contribution is 5.89. The maximum Gasteiger partial charge on any atom is 0.229 e. The van der Waals surface area contributed by atoms with Gasteiger partial charge in [0.2, 0.25) is 17.7 Å². The Morgan fingerprint density at radius 1 is 1.36 bits per heavy atom. The van der Waals surface area contributed by atoms with E-state index < -0.39 is 0 Å². The first-order valence-electron chi connectivity index (χ1n) is 9.38. The molecule has 2 amide bonds. The SMILES string of the molecule is CCC[C@@H](C)N1C[C@@H](C(=O)N2CCC(c3nc(C)no3)CC2)CC1=O. The first-order valence-corrected chi connectivity index (χ1v) is 9.38. The molecule has 1 aromatic rings. The molecular weight excluding hydrogens is 320 g/mol. The highest BCUT2D eigenvalue weighted by atomic mass is 16.5. The molecule has 2 aliphatic heterocycles. The van der Waals surface area contributed by atoms with E-state index in [-0.39, 0.29) is 29.7 Å². The average Bonchev–Trinajstić information content (AvgIpc) is 3.20. The summed E-state index contributed by atoms with van der Waals surface area (Å²) in [4.78, 5) is 33.2. The van der Waals surface area contributed by atoms with Crippen molar-refractivity contribution in [3.63, 3.8) is 0 Å². The zero-order valence-corrected chi connectivity index (χ0v) is 15.4. The van der Waals surface area contributed by atoms with Gasteiger partial charge in [-0.2, -0.15) is 4.98 Å².